The quantitative estimate of drug-likeness (QED) is 0.610. The Morgan fingerprint density at radius 2 is 2.10 bits per heavy atom. The smallest absolute Gasteiger partial charge is 0.0781 e. The Hall–Kier alpha value is -0.760. The van der Waals surface area contributed by atoms with Gasteiger partial charge >= 0.3 is 0 Å². The Kier molecular flexibility index (Phi) is 1.81. The van der Waals surface area contributed by atoms with Crippen LogP contribution in [-0.2, 0) is 0 Å². The zero-order valence-electron chi connectivity index (χ0n) is 6.60. The fourth-order valence-corrected chi connectivity index (χ4v) is 1.31. The first kappa shape index (κ1) is 7.35. The van der Waals surface area contributed by atoms with Gasteiger partial charge in [-0.25, -0.2) is 0 Å². The minimum atomic E-state index is -0.355. The van der Waals surface area contributed by atoms with E-state index in [9.17, 15) is 5.11 Å². The zero-order chi connectivity index (χ0) is 7.72. The van der Waals surface area contributed by atoms with Crippen LogP contribution in [0.2, 0.25) is 0 Å². The van der Waals surface area contributed by atoms with E-state index in [1.165, 1.54) is 0 Å². The van der Waals surface area contributed by atoms with Gasteiger partial charge in [0, 0.05) is 17.5 Å². The van der Waals surface area contributed by atoms with Gasteiger partial charge in [0.25, 0.3) is 0 Å². The predicted molar refractivity (Wildman–Crippen MR) is 40.9 cm³/mol. The minimum absolute atomic E-state index is 0.355. The second kappa shape index (κ2) is 2.46. The van der Waals surface area contributed by atoms with Crippen LogP contribution >= 0.6 is 0 Å². The van der Waals surface area contributed by atoms with E-state index in [2.05, 4.69) is 4.98 Å². The molecule has 2 N–H and O–H groups in total. The molecule has 0 aliphatic rings. The topological polar surface area (TPSA) is 36.0 Å². The number of hydrogen-bond acceptors (Lipinski definition) is 1. The molecule has 1 aromatic rings. The van der Waals surface area contributed by atoms with Crippen LogP contribution in [-0.4, -0.2) is 10.1 Å². The Morgan fingerprint density at radius 3 is 2.30 bits per heavy atom. The SMILES string of the molecule is Cc1c[nH]c(C)c1[C@H](C)O. The van der Waals surface area contributed by atoms with Crippen LogP contribution < -0.4 is 0 Å². The maximum absolute atomic E-state index is 9.25. The number of nitrogens with one attached hydrogen (secondary N) is 1. The molecule has 0 aliphatic heterocycles. The summed E-state index contributed by atoms with van der Waals surface area (Å²) in [6.45, 7) is 5.74. The summed E-state index contributed by atoms with van der Waals surface area (Å²) in [6.07, 6.45) is 1.56. The Bertz CT molecular complexity index is 206. The molecule has 56 valence electrons. The normalized spacial score (nSPS) is 13.6. The summed E-state index contributed by atoms with van der Waals surface area (Å²) >= 11 is 0. The van der Waals surface area contributed by atoms with Crippen molar-refractivity contribution in [2.24, 2.45) is 0 Å². The molecule has 0 saturated carbocycles. The molecule has 0 aliphatic carbocycles. The van der Waals surface area contributed by atoms with Gasteiger partial charge in [-0.2, -0.15) is 0 Å². The van der Waals surface area contributed by atoms with Crippen LogP contribution in [0.25, 0.3) is 0 Å². The number of aromatic amines is 1. The summed E-state index contributed by atoms with van der Waals surface area (Å²) in [6, 6.07) is 0. The van der Waals surface area contributed by atoms with Gasteiger partial charge < -0.3 is 10.1 Å². The van der Waals surface area contributed by atoms with Crippen LogP contribution in [0.1, 0.15) is 29.8 Å². The van der Waals surface area contributed by atoms with Gasteiger partial charge in [0.2, 0.25) is 0 Å². The van der Waals surface area contributed by atoms with Crippen LogP contribution in [0.3, 0.4) is 0 Å². The molecule has 1 atom stereocenters. The predicted octanol–water partition coefficient (Wildman–Crippen LogP) is 1.68. The number of H-pyrrole nitrogens is 1. The zero-order valence-corrected chi connectivity index (χ0v) is 6.60. The van der Waals surface area contributed by atoms with Crippen molar-refractivity contribution >= 4 is 0 Å². The summed E-state index contributed by atoms with van der Waals surface area (Å²) in [5.41, 5.74) is 3.22. The number of hydrogen-bond donors (Lipinski definition) is 2. The third kappa shape index (κ3) is 1.07. The van der Waals surface area contributed by atoms with E-state index in [0.29, 0.717) is 0 Å². The highest BCUT2D eigenvalue weighted by Crippen LogP contribution is 2.19. The Labute approximate surface area is 60.9 Å². The molecular weight excluding hydrogens is 126 g/mol. The average molecular weight is 139 g/mol. The highest BCUT2D eigenvalue weighted by molar-refractivity contribution is 5.30. The van der Waals surface area contributed by atoms with Crippen molar-refractivity contribution < 1.29 is 5.11 Å². The molecule has 1 aromatic heterocycles. The highest BCUT2D eigenvalue weighted by Gasteiger charge is 2.08. The fourth-order valence-electron chi connectivity index (χ4n) is 1.31. The summed E-state index contributed by atoms with van der Waals surface area (Å²) in [5.74, 6) is 0. The maximum atomic E-state index is 9.25. The molecule has 10 heavy (non-hydrogen) atoms. The lowest BCUT2D eigenvalue weighted by Gasteiger charge is -2.03. The lowest BCUT2D eigenvalue weighted by molar-refractivity contribution is 0.198. The third-order valence-corrected chi connectivity index (χ3v) is 1.75. The fraction of sp³-hybridized carbons (Fsp3) is 0.500. The largest absolute Gasteiger partial charge is 0.389 e. The van der Waals surface area contributed by atoms with E-state index in [1.807, 2.05) is 20.0 Å². The van der Waals surface area contributed by atoms with E-state index < -0.39 is 0 Å². The summed E-state index contributed by atoms with van der Waals surface area (Å²) in [5, 5.41) is 9.25. The van der Waals surface area contributed by atoms with E-state index in [4.69, 9.17) is 0 Å². The van der Waals surface area contributed by atoms with Crippen molar-refractivity contribution in [3.05, 3.63) is 23.0 Å². The van der Waals surface area contributed by atoms with Gasteiger partial charge in [0.05, 0.1) is 6.10 Å². The molecular formula is C8H13NO. The molecule has 0 spiro atoms. The van der Waals surface area contributed by atoms with Crippen molar-refractivity contribution in [2.45, 2.75) is 26.9 Å². The molecule has 2 nitrogen and oxygen atoms in total. The Balaban J connectivity index is 3.10. The molecule has 0 bridgehead atoms. The number of aromatic nitrogens is 1. The molecule has 0 saturated heterocycles. The molecule has 0 fully saturated rings. The summed E-state index contributed by atoms with van der Waals surface area (Å²) < 4.78 is 0. The second-order valence-electron chi connectivity index (χ2n) is 2.69. The third-order valence-electron chi connectivity index (χ3n) is 1.75. The highest BCUT2D eigenvalue weighted by atomic mass is 16.3. The van der Waals surface area contributed by atoms with Gasteiger partial charge in [-0.1, -0.05) is 0 Å². The molecule has 2 heteroatoms. The summed E-state index contributed by atoms with van der Waals surface area (Å²) in [4.78, 5) is 3.06. The van der Waals surface area contributed by atoms with Crippen LogP contribution in [0.4, 0.5) is 0 Å². The Morgan fingerprint density at radius 1 is 1.50 bits per heavy atom. The monoisotopic (exact) mass is 139 g/mol. The molecule has 1 rings (SSSR count). The lowest BCUT2D eigenvalue weighted by Crippen LogP contribution is -1.93. The number of aryl methyl sites for hydroxylation is 2. The van der Waals surface area contributed by atoms with Crippen molar-refractivity contribution in [3.8, 4) is 0 Å². The van der Waals surface area contributed by atoms with Crippen molar-refractivity contribution in [1.82, 2.24) is 4.98 Å². The van der Waals surface area contributed by atoms with Crippen molar-refractivity contribution in [2.75, 3.05) is 0 Å². The van der Waals surface area contributed by atoms with Crippen LogP contribution in [0.5, 0.6) is 0 Å². The number of aliphatic hydroxyl groups is 1. The minimum Gasteiger partial charge on any atom is -0.389 e. The number of rotatable bonds is 1. The average Bonchev–Trinajstić information content (AvgIpc) is 2.11. The molecule has 1 heterocycles. The number of aliphatic hydroxyl groups excluding tert-OH is 1. The van der Waals surface area contributed by atoms with Gasteiger partial charge in [0.15, 0.2) is 0 Å². The first-order chi connectivity index (χ1) is 4.63. The van der Waals surface area contributed by atoms with Crippen LogP contribution in [0.15, 0.2) is 6.20 Å². The summed E-state index contributed by atoms with van der Waals surface area (Å²) in [7, 11) is 0. The van der Waals surface area contributed by atoms with Crippen molar-refractivity contribution in [3.63, 3.8) is 0 Å². The van der Waals surface area contributed by atoms with E-state index in [0.717, 1.165) is 16.8 Å². The van der Waals surface area contributed by atoms with Crippen molar-refractivity contribution in [1.29, 1.82) is 0 Å². The molecule has 0 amide bonds. The molecule has 0 aromatic carbocycles. The molecule has 0 radical (unpaired) electrons. The second-order valence-corrected chi connectivity index (χ2v) is 2.69. The first-order valence-electron chi connectivity index (χ1n) is 3.45. The lowest BCUT2D eigenvalue weighted by atomic mass is 10.1. The van der Waals surface area contributed by atoms with E-state index in [-0.39, 0.29) is 6.10 Å². The van der Waals surface area contributed by atoms with Gasteiger partial charge in [-0.15, -0.1) is 0 Å². The maximum Gasteiger partial charge on any atom is 0.0781 e. The standard InChI is InChI=1S/C8H13NO/c1-5-4-9-6(2)8(5)7(3)10/h4,7,9-10H,1-3H3/t7-/m0/s1. The van der Waals surface area contributed by atoms with E-state index in [1.54, 1.807) is 6.92 Å². The van der Waals surface area contributed by atoms with Crippen LogP contribution in [0, 0.1) is 13.8 Å². The first-order valence-corrected chi connectivity index (χ1v) is 3.45. The van der Waals surface area contributed by atoms with E-state index >= 15 is 0 Å². The van der Waals surface area contributed by atoms with Gasteiger partial charge in [-0.3, -0.25) is 0 Å². The molecule has 0 unspecified atom stereocenters. The van der Waals surface area contributed by atoms with Gasteiger partial charge in [-0.05, 0) is 26.3 Å². The van der Waals surface area contributed by atoms with Gasteiger partial charge in [0.1, 0.15) is 0 Å².